The zero-order valence-electron chi connectivity index (χ0n) is 15.3. The summed E-state index contributed by atoms with van der Waals surface area (Å²) in [6.07, 6.45) is 0. The molecule has 1 aromatic carbocycles. The number of ether oxygens (including phenoxy) is 2. The van der Waals surface area contributed by atoms with E-state index in [9.17, 15) is 14.4 Å². The van der Waals surface area contributed by atoms with Crippen LogP contribution in [0.1, 0.15) is 32.4 Å². The zero-order valence-corrected chi connectivity index (χ0v) is 16.1. The minimum absolute atomic E-state index is 0.193. The molecular formula is C19H21ClN2O5. The highest BCUT2D eigenvalue weighted by molar-refractivity contribution is 6.30. The van der Waals surface area contributed by atoms with Gasteiger partial charge in [0.05, 0.1) is 25.2 Å². The summed E-state index contributed by atoms with van der Waals surface area (Å²) in [7, 11) is 0. The topological polar surface area (TPSA) is 84.9 Å². The van der Waals surface area contributed by atoms with Crippen LogP contribution in [0.15, 0.2) is 18.2 Å². The molecule has 0 radical (unpaired) electrons. The third kappa shape index (κ3) is 2.37. The quantitative estimate of drug-likeness (QED) is 0.774. The van der Waals surface area contributed by atoms with Gasteiger partial charge in [-0.3, -0.25) is 14.4 Å². The monoisotopic (exact) mass is 392 g/mol. The number of piperazine rings is 1. The molecule has 4 rings (SSSR count). The Morgan fingerprint density at radius 3 is 2.89 bits per heavy atom. The normalized spacial score (nSPS) is 34.1. The summed E-state index contributed by atoms with van der Waals surface area (Å²) < 4.78 is 11.1. The molecule has 4 unspecified atom stereocenters. The van der Waals surface area contributed by atoms with E-state index in [1.807, 2.05) is 0 Å². The maximum Gasteiger partial charge on any atom is 0.312 e. The zero-order chi connectivity index (χ0) is 19.5. The number of esters is 1. The average Bonchev–Trinajstić information content (AvgIpc) is 2.90. The standard InChI is InChI=1S/C19H21ClN2O5/c1-4-26-17(24)14-12-8-27-13-6-5-10(20)7-11(13)15(12)22-16(23)9(2)21-18(25)19(14,22)3/h5-7,9,12,14-15H,4,8H2,1-3H3,(H,21,25)/t9?,12?,14?,15?,19-/m1/s1. The molecule has 1 N–H and O–H groups in total. The van der Waals surface area contributed by atoms with E-state index in [2.05, 4.69) is 5.32 Å². The number of carbonyl (C=O) groups excluding carboxylic acids is 3. The smallest absolute Gasteiger partial charge is 0.312 e. The van der Waals surface area contributed by atoms with Crippen LogP contribution in [0, 0.1) is 11.8 Å². The minimum atomic E-state index is -1.35. The molecule has 0 aromatic heterocycles. The lowest BCUT2D eigenvalue weighted by Gasteiger charge is -2.45. The van der Waals surface area contributed by atoms with Crippen molar-refractivity contribution in [1.82, 2.24) is 10.2 Å². The van der Waals surface area contributed by atoms with Crippen molar-refractivity contribution in [2.24, 2.45) is 11.8 Å². The van der Waals surface area contributed by atoms with E-state index >= 15 is 0 Å². The molecule has 5 atom stereocenters. The summed E-state index contributed by atoms with van der Waals surface area (Å²) in [5.41, 5.74) is -0.634. The molecule has 144 valence electrons. The van der Waals surface area contributed by atoms with Crippen LogP contribution in [-0.2, 0) is 19.1 Å². The van der Waals surface area contributed by atoms with Crippen molar-refractivity contribution in [1.29, 1.82) is 0 Å². The van der Waals surface area contributed by atoms with Crippen molar-refractivity contribution in [3.8, 4) is 5.75 Å². The molecule has 2 amide bonds. The van der Waals surface area contributed by atoms with Crippen LogP contribution in [0.2, 0.25) is 5.02 Å². The van der Waals surface area contributed by atoms with E-state index in [-0.39, 0.29) is 25.0 Å². The SMILES string of the molecule is CCOC(=O)C1C2COc3ccc(Cl)cc3C2N2C(=O)C(C)NC(=O)[C@@]12C. The van der Waals surface area contributed by atoms with E-state index in [0.29, 0.717) is 16.3 Å². The Kier molecular flexibility index (Phi) is 4.10. The summed E-state index contributed by atoms with van der Waals surface area (Å²) in [6, 6.07) is 4.06. The first-order valence-corrected chi connectivity index (χ1v) is 9.41. The van der Waals surface area contributed by atoms with Gasteiger partial charge >= 0.3 is 5.97 Å². The van der Waals surface area contributed by atoms with E-state index in [1.54, 1.807) is 43.9 Å². The van der Waals surface area contributed by atoms with Gasteiger partial charge in [-0.25, -0.2) is 0 Å². The molecule has 27 heavy (non-hydrogen) atoms. The Bertz CT molecular complexity index is 843. The molecule has 0 bridgehead atoms. The van der Waals surface area contributed by atoms with Crippen LogP contribution < -0.4 is 10.1 Å². The van der Waals surface area contributed by atoms with Crippen molar-refractivity contribution in [3.05, 3.63) is 28.8 Å². The first-order valence-electron chi connectivity index (χ1n) is 9.03. The second kappa shape index (κ2) is 6.12. The summed E-state index contributed by atoms with van der Waals surface area (Å²) in [4.78, 5) is 40.5. The molecule has 3 aliphatic heterocycles. The molecule has 2 fully saturated rings. The molecule has 0 saturated carbocycles. The number of rotatable bonds is 2. The molecule has 8 heteroatoms. The average molecular weight is 393 g/mol. The van der Waals surface area contributed by atoms with Gasteiger partial charge in [0.1, 0.15) is 17.3 Å². The van der Waals surface area contributed by atoms with Gasteiger partial charge in [-0.1, -0.05) is 11.6 Å². The Balaban J connectivity index is 1.92. The Hall–Kier alpha value is -2.28. The molecular weight excluding hydrogens is 372 g/mol. The van der Waals surface area contributed by atoms with E-state index in [1.165, 1.54) is 0 Å². The second-order valence-electron chi connectivity index (χ2n) is 7.38. The fourth-order valence-electron chi connectivity index (χ4n) is 4.72. The highest BCUT2D eigenvalue weighted by Gasteiger charge is 2.68. The van der Waals surface area contributed by atoms with Gasteiger partial charge in [-0.15, -0.1) is 0 Å². The molecule has 0 spiro atoms. The Morgan fingerprint density at radius 1 is 1.44 bits per heavy atom. The number of hydrogen-bond donors (Lipinski definition) is 1. The first-order chi connectivity index (χ1) is 12.8. The van der Waals surface area contributed by atoms with Crippen molar-refractivity contribution in [3.63, 3.8) is 0 Å². The lowest BCUT2D eigenvalue weighted by Crippen LogP contribution is -2.69. The molecule has 3 aliphatic rings. The van der Waals surface area contributed by atoms with Crippen molar-refractivity contribution < 1.29 is 23.9 Å². The number of hydrogen-bond acceptors (Lipinski definition) is 5. The summed E-state index contributed by atoms with van der Waals surface area (Å²) in [5.74, 6) is -1.70. The highest BCUT2D eigenvalue weighted by Crippen LogP contribution is 2.56. The van der Waals surface area contributed by atoms with E-state index in [0.717, 1.165) is 0 Å². The third-order valence-corrected chi connectivity index (χ3v) is 6.13. The van der Waals surface area contributed by atoms with Crippen molar-refractivity contribution in [2.45, 2.75) is 38.4 Å². The Morgan fingerprint density at radius 2 is 2.19 bits per heavy atom. The first kappa shape index (κ1) is 18.1. The van der Waals surface area contributed by atoms with Crippen molar-refractivity contribution >= 4 is 29.4 Å². The number of halogens is 1. The van der Waals surface area contributed by atoms with Crippen LogP contribution in [0.3, 0.4) is 0 Å². The van der Waals surface area contributed by atoms with Gasteiger partial charge in [0.15, 0.2) is 0 Å². The fraction of sp³-hybridized carbons (Fsp3) is 0.526. The van der Waals surface area contributed by atoms with E-state index in [4.69, 9.17) is 21.1 Å². The van der Waals surface area contributed by atoms with Crippen LogP contribution in [0.25, 0.3) is 0 Å². The molecule has 7 nitrogen and oxygen atoms in total. The fourth-order valence-corrected chi connectivity index (χ4v) is 4.90. The molecule has 1 aromatic rings. The predicted octanol–water partition coefficient (Wildman–Crippen LogP) is 1.69. The lowest BCUT2D eigenvalue weighted by molar-refractivity contribution is -0.164. The van der Waals surface area contributed by atoms with E-state index < -0.39 is 35.4 Å². The van der Waals surface area contributed by atoms with Crippen LogP contribution >= 0.6 is 11.6 Å². The largest absolute Gasteiger partial charge is 0.493 e. The number of nitrogens with one attached hydrogen (secondary N) is 1. The molecule has 3 heterocycles. The van der Waals surface area contributed by atoms with Gasteiger partial charge in [0.2, 0.25) is 11.8 Å². The van der Waals surface area contributed by atoms with Gasteiger partial charge < -0.3 is 19.7 Å². The van der Waals surface area contributed by atoms with Gasteiger partial charge in [0.25, 0.3) is 0 Å². The summed E-state index contributed by atoms with van der Waals surface area (Å²) in [6.45, 7) is 5.40. The van der Waals surface area contributed by atoms with Gasteiger partial charge in [-0.2, -0.15) is 0 Å². The maximum atomic E-state index is 13.1. The highest BCUT2D eigenvalue weighted by atomic mass is 35.5. The Labute approximate surface area is 161 Å². The second-order valence-corrected chi connectivity index (χ2v) is 7.82. The van der Waals surface area contributed by atoms with Gasteiger partial charge in [0, 0.05) is 16.5 Å². The number of nitrogens with zero attached hydrogens (tertiary/aromatic N) is 1. The minimum Gasteiger partial charge on any atom is -0.493 e. The van der Waals surface area contributed by atoms with Gasteiger partial charge in [-0.05, 0) is 39.0 Å². The molecule has 0 aliphatic carbocycles. The lowest BCUT2D eigenvalue weighted by atomic mass is 9.77. The summed E-state index contributed by atoms with van der Waals surface area (Å²) in [5, 5.41) is 3.21. The van der Waals surface area contributed by atoms with Crippen LogP contribution in [0.4, 0.5) is 0 Å². The maximum absolute atomic E-state index is 13.1. The van der Waals surface area contributed by atoms with Crippen LogP contribution in [0.5, 0.6) is 5.75 Å². The summed E-state index contributed by atoms with van der Waals surface area (Å²) >= 11 is 6.19. The number of benzene rings is 1. The van der Waals surface area contributed by atoms with Crippen LogP contribution in [-0.4, -0.2) is 47.5 Å². The number of carbonyl (C=O) groups is 3. The predicted molar refractivity (Wildman–Crippen MR) is 96.2 cm³/mol. The number of amides is 2. The van der Waals surface area contributed by atoms with Crippen molar-refractivity contribution in [2.75, 3.05) is 13.2 Å². The molecule has 2 saturated heterocycles. The third-order valence-electron chi connectivity index (χ3n) is 5.90. The number of fused-ring (bicyclic) bond motifs is 5.